The van der Waals surface area contributed by atoms with Crippen LogP contribution >= 0.6 is 0 Å². The second-order valence-corrected chi connectivity index (χ2v) is 6.54. The smallest absolute Gasteiger partial charge is 0.414 e. The number of ether oxygens (including phenoxy) is 1. The number of anilines is 1. The summed E-state index contributed by atoms with van der Waals surface area (Å²) in [5, 5.41) is 2.86. The monoisotopic (exact) mass is 382 g/mol. The van der Waals surface area contributed by atoms with Gasteiger partial charge in [-0.1, -0.05) is 0 Å². The number of carbonyl (C=O) groups is 2. The second-order valence-electron chi connectivity index (χ2n) is 6.54. The molecule has 0 bridgehead atoms. The third kappa shape index (κ3) is 3.40. The Bertz CT molecular complexity index is 1050. The lowest BCUT2D eigenvalue weighted by Crippen LogP contribution is -2.27. The van der Waals surface area contributed by atoms with E-state index in [1.54, 1.807) is 30.3 Å². The minimum atomic E-state index is -0.375. The summed E-state index contributed by atoms with van der Waals surface area (Å²) < 4.78 is 20.1. The van der Waals surface area contributed by atoms with Crippen LogP contribution in [0.4, 0.5) is 14.9 Å². The lowest BCUT2D eigenvalue weighted by molar-refractivity contribution is 0.0954. The summed E-state index contributed by atoms with van der Waals surface area (Å²) in [5.41, 5.74) is 2.65. The molecular formula is C20H19FN4O3. The van der Waals surface area contributed by atoms with Gasteiger partial charge < -0.3 is 14.6 Å². The Labute approximate surface area is 160 Å². The Kier molecular flexibility index (Phi) is 4.68. The Hall–Kier alpha value is -3.42. The van der Waals surface area contributed by atoms with E-state index in [-0.39, 0.29) is 17.8 Å². The van der Waals surface area contributed by atoms with Crippen LogP contribution in [0.2, 0.25) is 0 Å². The zero-order valence-electron chi connectivity index (χ0n) is 15.3. The molecule has 2 aromatic carbocycles. The molecule has 0 aliphatic carbocycles. The molecule has 7 nitrogen and oxygen atoms in total. The van der Waals surface area contributed by atoms with Crippen LogP contribution < -0.4 is 10.2 Å². The number of amides is 2. The van der Waals surface area contributed by atoms with Gasteiger partial charge in [0, 0.05) is 31.3 Å². The number of aromatic nitrogens is 2. The van der Waals surface area contributed by atoms with Gasteiger partial charge in [0.1, 0.15) is 18.2 Å². The van der Waals surface area contributed by atoms with Gasteiger partial charge in [0.05, 0.1) is 17.6 Å². The van der Waals surface area contributed by atoms with Crippen LogP contribution in [0.5, 0.6) is 0 Å². The summed E-state index contributed by atoms with van der Waals surface area (Å²) in [5.74, 6) is 0.255. The maximum atomic E-state index is 13.4. The molecule has 1 aliphatic rings. The van der Waals surface area contributed by atoms with E-state index < -0.39 is 0 Å². The number of carbonyl (C=O) groups excluding carboxylic acids is 2. The van der Waals surface area contributed by atoms with Gasteiger partial charge >= 0.3 is 6.09 Å². The molecule has 2 amide bonds. The Morgan fingerprint density at radius 1 is 1.25 bits per heavy atom. The van der Waals surface area contributed by atoms with E-state index in [4.69, 9.17) is 4.74 Å². The lowest BCUT2D eigenvalue weighted by atomic mass is 10.2. The van der Waals surface area contributed by atoms with E-state index in [2.05, 4.69) is 10.3 Å². The summed E-state index contributed by atoms with van der Waals surface area (Å²) >= 11 is 0. The van der Waals surface area contributed by atoms with Crippen LogP contribution in [-0.2, 0) is 18.2 Å². The van der Waals surface area contributed by atoms with E-state index in [0.717, 1.165) is 16.9 Å². The maximum absolute atomic E-state index is 13.4. The molecule has 1 aromatic heterocycles. The number of fused-ring (bicyclic) bond motifs is 1. The first-order valence-electron chi connectivity index (χ1n) is 8.96. The topological polar surface area (TPSA) is 76.5 Å². The predicted molar refractivity (Wildman–Crippen MR) is 102 cm³/mol. The molecule has 0 atom stereocenters. The average molecular weight is 382 g/mol. The summed E-state index contributed by atoms with van der Waals surface area (Å²) in [6, 6.07) is 11.3. The first kappa shape index (κ1) is 18.0. The number of benzene rings is 2. The molecule has 0 unspecified atom stereocenters. The molecule has 2 heterocycles. The van der Waals surface area contributed by atoms with Crippen molar-refractivity contribution in [3.05, 3.63) is 59.7 Å². The van der Waals surface area contributed by atoms with Crippen molar-refractivity contribution in [1.29, 1.82) is 0 Å². The van der Waals surface area contributed by atoms with Gasteiger partial charge in [-0.25, -0.2) is 14.2 Å². The molecule has 0 saturated carbocycles. The van der Waals surface area contributed by atoms with Gasteiger partial charge in [-0.2, -0.15) is 0 Å². The van der Waals surface area contributed by atoms with Crippen molar-refractivity contribution in [2.24, 2.45) is 7.05 Å². The molecule has 1 fully saturated rings. The largest absolute Gasteiger partial charge is 0.447 e. The standard InChI is InChI=1S/C20H19FN4O3/c1-24-17-12-14(21)4-7-16(17)23-18(24)8-9-22-19(26)13-2-5-15(6-3-13)25-10-11-28-20(25)27/h2-7,12H,8-11H2,1H3,(H,22,26). The Morgan fingerprint density at radius 2 is 2.04 bits per heavy atom. The number of nitrogens with zero attached hydrogens (tertiary/aromatic N) is 3. The van der Waals surface area contributed by atoms with Crippen molar-refractivity contribution in [2.75, 3.05) is 24.6 Å². The quantitative estimate of drug-likeness (QED) is 0.736. The van der Waals surface area contributed by atoms with Crippen molar-refractivity contribution < 1.29 is 18.7 Å². The fourth-order valence-corrected chi connectivity index (χ4v) is 3.25. The number of nitrogens with one attached hydrogen (secondary N) is 1. The highest BCUT2D eigenvalue weighted by Crippen LogP contribution is 2.19. The van der Waals surface area contributed by atoms with Crippen LogP contribution in [-0.4, -0.2) is 41.2 Å². The zero-order valence-corrected chi connectivity index (χ0v) is 15.3. The zero-order chi connectivity index (χ0) is 19.7. The minimum Gasteiger partial charge on any atom is -0.447 e. The van der Waals surface area contributed by atoms with Crippen molar-refractivity contribution >= 4 is 28.7 Å². The normalized spacial score (nSPS) is 13.8. The maximum Gasteiger partial charge on any atom is 0.414 e. The third-order valence-electron chi connectivity index (χ3n) is 4.77. The summed E-state index contributed by atoms with van der Waals surface area (Å²) in [4.78, 5) is 29.9. The SMILES string of the molecule is Cn1c(CCNC(=O)c2ccc(N3CCOC3=O)cc2)nc2ccc(F)cc21. The molecule has 28 heavy (non-hydrogen) atoms. The van der Waals surface area contributed by atoms with Gasteiger partial charge in [0.2, 0.25) is 0 Å². The number of cyclic esters (lactones) is 1. The van der Waals surface area contributed by atoms with Crippen LogP contribution in [0.25, 0.3) is 11.0 Å². The van der Waals surface area contributed by atoms with Gasteiger partial charge in [-0.05, 0) is 42.5 Å². The lowest BCUT2D eigenvalue weighted by Gasteiger charge is -2.13. The number of rotatable bonds is 5. The fourth-order valence-electron chi connectivity index (χ4n) is 3.25. The van der Waals surface area contributed by atoms with Crippen LogP contribution in [0, 0.1) is 5.82 Å². The highest BCUT2D eigenvalue weighted by Gasteiger charge is 2.23. The average Bonchev–Trinajstić information content (AvgIpc) is 3.26. The van der Waals surface area contributed by atoms with Crippen LogP contribution in [0.15, 0.2) is 42.5 Å². The van der Waals surface area contributed by atoms with E-state index in [1.165, 1.54) is 17.0 Å². The van der Waals surface area contributed by atoms with Crippen molar-refractivity contribution in [2.45, 2.75) is 6.42 Å². The van der Waals surface area contributed by atoms with E-state index in [1.807, 2.05) is 11.6 Å². The third-order valence-corrected chi connectivity index (χ3v) is 4.77. The number of hydrogen-bond acceptors (Lipinski definition) is 4. The Balaban J connectivity index is 1.37. The first-order valence-corrected chi connectivity index (χ1v) is 8.96. The van der Waals surface area contributed by atoms with Gasteiger partial charge in [0.25, 0.3) is 5.91 Å². The van der Waals surface area contributed by atoms with Crippen LogP contribution in [0.3, 0.4) is 0 Å². The van der Waals surface area contributed by atoms with Crippen molar-refractivity contribution in [1.82, 2.24) is 14.9 Å². The molecule has 3 aromatic rings. The molecule has 4 rings (SSSR count). The first-order chi connectivity index (χ1) is 13.5. The predicted octanol–water partition coefficient (Wildman–Crippen LogP) is 2.64. The van der Waals surface area contributed by atoms with E-state index in [0.29, 0.717) is 37.4 Å². The van der Waals surface area contributed by atoms with Crippen LogP contribution in [0.1, 0.15) is 16.2 Å². The molecular weight excluding hydrogens is 363 g/mol. The molecule has 0 radical (unpaired) electrons. The number of hydrogen-bond donors (Lipinski definition) is 1. The second kappa shape index (κ2) is 7.30. The minimum absolute atomic E-state index is 0.208. The fraction of sp³-hybridized carbons (Fsp3) is 0.250. The van der Waals surface area contributed by atoms with Gasteiger partial charge in [-0.15, -0.1) is 0 Å². The van der Waals surface area contributed by atoms with E-state index in [9.17, 15) is 14.0 Å². The van der Waals surface area contributed by atoms with Gasteiger partial charge in [0.15, 0.2) is 0 Å². The molecule has 0 spiro atoms. The summed E-state index contributed by atoms with van der Waals surface area (Å²) in [6.45, 7) is 1.28. The number of aryl methyl sites for hydroxylation is 1. The molecule has 144 valence electrons. The van der Waals surface area contributed by atoms with Gasteiger partial charge in [-0.3, -0.25) is 9.69 Å². The van der Waals surface area contributed by atoms with Crippen molar-refractivity contribution in [3.8, 4) is 0 Å². The highest BCUT2D eigenvalue weighted by atomic mass is 19.1. The van der Waals surface area contributed by atoms with E-state index >= 15 is 0 Å². The molecule has 1 aliphatic heterocycles. The van der Waals surface area contributed by atoms with Crippen molar-refractivity contribution in [3.63, 3.8) is 0 Å². The molecule has 1 saturated heterocycles. The molecule has 1 N–H and O–H groups in total. The summed E-state index contributed by atoms with van der Waals surface area (Å²) in [6.07, 6.45) is 0.149. The highest BCUT2D eigenvalue weighted by molar-refractivity contribution is 5.95. The Morgan fingerprint density at radius 3 is 2.75 bits per heavy atom. The summed E-state index contributed by atoms with van der Waals surface area (Å²) in [7, 11) is 1.83. The number of halogens is 1. The molecule has 8 heteroatoms. The number of imidazole rings is 1.